The van der Waals surface area contributed by atoms with Crippen molar-refractivity contribution in [1.29, 1.82) is 0 Å². The van der Waals surface area contributed by atoms with Gasteiger partial charge < -0.3 is 21.1 Å². The van der Waals surface area contributed by atoms with E-state index in [-0.39, 0.29) is 12.5 Å². The highest BCUT2D eigenvalue weighted by molar-refractivity contribution is 7.07. The summed E-state index contributed by atoms with van der Waals surface area (Å²) in [6.45, 7) is 0.184. The zero-order chi connectivity index (χ0) is 15.1. The summed E-state index contributed by atoms with van der Waals surface area (Å²) in [6, 6.07) is 6.20. The second-order valence-corrected chi connectivity index (χ2v) is 4.78. The molecule has 2 aromatic rings. The van der Waals surface area contributed by atoms with Gasteiger partial charge in [-0.15, -0.1) is 11.3 Å². The normalized spacial score (nSPS) is 9.90. The maximum Gasteiger partial charge on any atom is 0.312 e. The van der Waals surface area contributed by atoms with Crippen molar-refractivity contribution >= 4 is 29.0 Å². The van der Waals surface area contributed by atoms with Crippen LogP contribution in [0.3, 0.4) is 0 Å². The van der Waals surface area contributed by atoms with Gasteiger partial charge in [-0.1, -0.05) is 6.07 Å². The van der Waals surface area contributed by atoms with E-state index in [1.165, 1.54) is 11.3 Å². The van der Waals surface area contributed by atoms with Gasteiger partial charge in [-0.05, 0) is 12.1 Å². The lowest BCUT2D eigenvalue weighted by Crippen LogP contribution is -2.36. The average Bonchev–Trinajstić information content (AvgIpc) is 2.97. The number of aromatic nitrogens is 1. The molecule has 0 fully saturated rings. The third-order valence-corrected chi connectivity index (χ3v) is 3.05. The smallest absolute Gasteiger partial charge is 0.312 e. The minimum atomic E-state index is -0.745. The van der Waals surface area contributed by atoms with Gasteiger partial charge in [-0.3, -0.25) is 4.79 Å². The highest BCUT2D eigenvalue weighted by Crippen LogP contribution is 2.18. The predicted octanol–water partition coefficient (Wildman–Crippen LogP) is 1.33. The summed E-state index contributed by atoms with van der Waals surface area (Å²) in [5, 5.41) is 6.74. The average molecular weight is 306 g/mol. The van der Waals surface area contributed by atoms with Crippen LogP contribution in [0.5, 0.6) is 5.75 Å². The summed E-state index contributed by atoms with van der Waals surface area (Å²) in [5.41, 5.74) is 8.04. The van der Waals surface area contributed by atoms with E-state index in [0.717, 1.165) is 5.69 Å². The van der Waals surface area contributed by atoms with Crippen molar-refractivity contribution in [2.75, 3.05) is 11.9 Å². The monoisotopic (exact) mass is 306 g/mol. The van der Waals surface area contributed by atoms with E-state index >= 15 is 0 Å². The van der Waals surface area contributed by atoms with Gasteiger partial charge in [-0.2, -0.15) is 0 Å². The molecule has 0 aliphatic rings. The van der Waals surface area contributed by atoms with Crippen molar-refractivity contribution < 1.29 is 14.3 Å². The molecule has 0 aliphatic heterocycles. The molecule has 0 saturated heterocycles. The second-order valence-electron chi connectivity index (χ2n) is 4.06. The summed E-state index contributed by atoms with van der Waals surface area (Å²) >= 11 is 1.50. The van der Waals surface area contributed by atoms with E-state index in [1.54, 1.807) is 29.8 Å². The van der Waals surface area contributed by atoms with Crippen LogP contribution in [0.15, 0.2) is 35.2 Å². The van der Waals surface area contributed by atoms with Crippen molar-refractivity contribution in [2.24, 2.45) is 5.73 Å². The lowest BCUT2D eigenvalue weighted by atomic mass is 10.3. The minimum Gasteiger partial charge on any atom is -0.487 e. The number of hydrogen-bond donors (Lipinski definition) is 3. The van der Waals surface area contributed by atoms with Crippen molar-refractivity contribution in [2.45, 2.75) is 6.61 Å². The lowest BCUT2D eigenvalue weighted by molar-refractivity contribution is -0.115. The van der Waals surface area contributed by atoms with Gasteiger partial charge in [-0.25, -0.2) is 9.78 Å². The number of benzene rings is 1. The number of nitrogens with two attached hydrogens (primary N) is 1. The first-order chi connectivity index (χ1) is 10.1. The molecule has 0 spiro atoms. The molecule has 0 radical (unpaired) electrons. The summed E-state index contributed by atoms with van der Waals surface area (Å²) in [6.07, 6.45) is 0. The van der Waals surface area contributed by atoms with E-state index < -0.39 is 6.03 Å². The van der Waals surface area contributed by atoms with Crippen LogP contribution in [0.1, 0.15) is 5.69 Å². The molecule has 1 heterocycles. The van der Waals surface area contributed by atoms with Crippen LogP contribution in [0.2, 0.25) is 0 Å². The number of urea groups is 1. The number of carbonyl (C=O) groups excluding carboxylic acids is 2. The van der Waals surface area contributed by atoms with Crippen LogP contribution in [-0.4, -0.2) is 23.5 Å². The van der Waals surface area contributed by atoms with Crippen LogP contribution < -0.4 is 21.1 Å². The highest BCUT2D eigenvalue weighted by Gasteiger charge is 2.04. The summed E-state index contributed by atoms with van der Waals surface area (Å²) in [5.74, 6) is 0.245. The molecule has 21 heavy (non-hydrogen) atoms. The Labute approximate surface area is 125 Å². The Hall–Kier alpha value is -2.61. The van der Waals surface area contributed by atoms with Gasteiger partial charge in [0.25, 0.3) is 0 Å². The third-order valence-electron chi connectivity index (χ3n) is 2.41. The molecule has 1 aromatic heterocycles. The number of ether oxygens (including phenoxy) is 1. The first-order valence-electron chi connectivity index (χ1n) is 6.06. The van der Waals surface area contributed by atoms with E-state index in [0.29, 0.717) is 18.0 Å². The van der Waals surface area contributed by atoms with Gasteiger partial charge in [0.15, 0.2) is 0 Å². The van der Waals surface area contributed by atoms with Gasteiger partial charge >= 0.3 is 6.03 Å². The third kappa shape index (κ3) is 5.11. The SMILES string of the molecule is NC(=O)NCC(=O)Nc1cccc(OCc2cscn2)c1. The molecule has 0 bridgehead atoms. The number of anilines is 1. The Morgan fingerprint density at radius 1 is 1.38 bits per heavy atom. The molecule has 0 atom stereocenters. The summed E-state index contributed by atoms with van der Waals surface area (Å²) in [7, 11) is 0. The van der Waals surface area contributed by atoms with Crippen LogP contribution in [0, 0.1) is 0 Å². The largest absolute Gasteiger partial charge is 0.487 e. The molecule has 0 unspecified atom stereocenters. The van der Waals surface area contributed by atoms with Crippen LogP contribution in [0.4, 0.5) is 10.5 Å². The molecule has 1 aromatic carbocycles. The van der Waals surface area contributed by atoms with E-state index in [9.17, 15) is 9.59 Å². The predicted molar refractivity (Wildman–Crippen MR) is 79.1 cm³/mol. The van der Waals surface area contributed by atoms with E-state index in [1.807, 2.05) is 5.38 Å². The number of amides is 3. The molecule has 8 heteroatoms. The van der Waals surface area contributed by atoms with E-state index in [2.05, 4.69) is 15.6 Å². The highest BCUT2D eigenvalue weighted by atomic mass is 32.1. The number of nitrogens with zero attached hydrogens (tertiary/aromatic N) is 1. The van der Waals surface area contributed by atoms with Crippen molar-refractivity contribution in [3.8, 4) is 5.75 Å². The zero-order valence-corrected chi connectivity index (χ0v) is 11.9. The number of thiazole rings is 1. The number of hydrogen-bond acceptors (Lipinski definition) is 5. The Balaban J connectivity index is 1.88. The quantitative estimate of drug-likeness (QED) is 0.748. The van der Waals surface area contributed by atoms with Gasteiger partial charge in [0.05, 0.1) is 17.7 Å². The van der Waals surface area contributed by atoms with Crippen molar-refractivity contribution in [3.05, 3.63) is 40.8 Å². The van der Waals surface area contributed by atoms with Crippen LogP contribution in [-0.2, 0) is 11.4 Å². The van der Waals surface area contributed by atoms with Crippen molar-refractivity contribution in [1.82, 2.24) is 10.3 Å². The Morgan fingerprint density at radius 2 is 2.24 bits per heavy atom. The van der Waals surface area contributed by atoms with Gasteiger partial charge in [0.1, 0.15) is 12.4 Å². The molecule has 2 rings (SSSR count). The maximum atomic E-state index is 11.5. The summed E-state index contributed by atoms with van der Waals surface area (Å²) in [4.78, 5) is 26.2. The number of carbonyl (C=O) groups is 2. The number of primary amides is 1. The molecule has 3 amide bonds. The number of rotatable bonds is 6. The molecular weight excluding hydrogens is 292 g/mol. The fraction of sp³-hybridized carbons (Fsp3) is 0.154. The van der Waals surface area contributed by atoms with Crippen LogP contribution >= 0.6 is 11.3 Å². The Morgan fingerprint density at radius 3 is 2.95 bits per heavy atom. The number of nitrogens with one attached hydrogen (secondary N) is 2. The second kappa shape index (κ2) is 7.25. The zero-order valence-electron chi connectivity index (χ0n) is 11.0. The molecule has 110 valence electrons. The minimum absolute atomic E-state index is 0.181. The molecular formula is C13H14N4O3S. The summed E-state index contributed by atoms with van der Waals surface area (Å²) < 4.78 is 5.57. The first-order valence-corrected chi connectivity index (χ1v) is 7.01. The Kier molecular flexibility index (Phi) is 5.10. The van der Waals surface area contributed by atoms with E-state index in [4.69, 9.17) is 10.5 Å². The maximum absolute atomic E-state index is 11.5. The van der Waals surface area contributed by atoms with Crippen molar-refractivity contribution in [3.63, 3.8) is 0 Å². The molecule has 4 N–H and O–H groups in total. The molecule has 0 aliphatic carbocycles. The topological polar surface area (TPSA) is 106 Å². The molecule has 7 nitrogen and oxygen atoms in total. The van der Waals surface area contributed by atoms with Gasteiger partial charge in [0.2, 0.25) is 5.91 Å². The Bertz CT molecular complexity index is 616. The fourth-order valence-corrected chi connectivity index (χ4v) is 2.05. The van der Waals surface area contributed by atoms with Crippen LogP contribution in [0.25, 0.3) is 0 Å². The first kappa shape index (κ1) is 14.8. The fourth-order valence-electron chi connectivity index (χ4n) is 1.50. The lowest BCUT2D eigenvalue weighted by Gasteiger charge is -2.08. The standard InChI is InChI=1S/C13H14N4O3S/c14-13(19)15-5-12(18)17-9-2-1-3-11(4-9)20-6-10-7-21-8-16-10/h1-4,7-8H,5-6H2,(H,17,18)(H3,14,15,19). The molecule has 0 saturated carbocycles. The van der Waals surface area contributed by atoms with Gasteiger partial charge in [0, 0.05) is 17.1 Å².